The molecule has 0 radical (unpaired) electrons. The van der Waals surface area contributed by atoms with Crippen LogP contribution < -0.4 is 11.1 Å². The van der Waals surface area contributed by atoms with Crippen molar-refractivity contribution in [1.29, 1.82) is 0 Å². The van der Waals surface area contributed by atoms with Crippen molar-refractivity contribution in [3.8, 4) is 21.9 Å². The SMILES string of the molecule is Cc1nnc(-c2c(CC(F)c3ccc(F)cc3)nc(CC(C)C)c(C(N)=O)c2-c2ccc(C(=O)N[C@@H]3CCc4ccccc43)s2)o1. The van der Waals surface area contributed by atoms with Crippen molar-refractivity contribution in [2.45, 2.75) is 58.7 Å². The summed E-state index contributed by atoms with van der Waals surface area (Å²) in [6.07, 6.45) is 0.292. The van der Waals surface area contributed by atoms with E-state index < -0.39 is 17.9 Å². The summed E-state index contributed by atoms with van der Waals surface area (Å²) in [6, 6.07) is 16.6. The van der Waals surface area contributed by atoms with Crippen LogP contribution in [0.3, 0.4) is 0 Å². The third-order valence-electron chi connectivity index (χ3n) is 8.05. The molecule has 5 aromatic rings. The number of alkyl halides is 1. The molecule has 3 N–H and O–H groups in total. The molecular weight excluding hydrogens is 608 g/mol. The summed E-state index contributed by atoms with van der Waals surface area (Å²) >= 11 is 1.19. The Hall–Kier alpha value is -4.77. The molecule has 0 saturated carbocycles. The summed E-state index contributed by atoms with van der Waals surface area (Å²) < 4.78 is 35.3. The lowest BCUT2D eigenvalue weighted by atomic mass is 9.91. The molecule has 1 unspecified atom stereocenters. The van der Waals surface area contributed by atoms with E-state index in [1.165, 1.54) is 41.2 Å². The van der Waals surface area contributed by atoms with E-state index in [9.17, 15) is 14.0 Å². The van der Waals surface area contributed by atoms with Gasteiger partial charge in [0.25, 0.3) is 11.8 Å². The Morgan fingerprint density at radius 2 is 1.78 bits per heavy atom. The van der Waals surface area contributed by atoms with Gasteiger partial charge in [-0.05, 0) is 66.1 Å². The third kappa shape index (κ3) is 6.32. The number of hydrogen-bond donors (Lipinski definition) is 2. The summed E-state index contributed by atoms with van der Waals surface area (Å²) in [4.78, 5) is 32.5. The fourth-order valence-corrected chi connectivity index (χ4v) is 6.97. The smallest absolute Gasteiger partial charge is 0.261 e. The highest BCUT2D eigenvalue weighted by Crippen LogP contribution is 2.43. The first-order valence-corrected chi connectivity index (χ1v) is 15.9. The first-order valence-electron chi connectivity index (χ1n) is 15.1. The van der Waals surface area contributed by atoms with Crippen LogP contribution in [0.5, 0.6) is 0 Å². The second-order valence-corrected chi connectivity index (χ2v) is 13.0. The molecule has 3 aromatic heterocycles. The number of nitrogens with one attached hydrogen (secondary N) is 1. The van der Waals surface area contributed by atoms with E-state index in [0.29, 0.717) is 27.4 Å². The zero-order chi connectivity index (χ0) is 32.5. The molecule has 8 nitrogen and oxygen atoms in total. The van der Waals surface area contributed by atoms with Gasteiger partial charge in [-0.15, -0.1) is 21.5 Å². The third-order valence-corrected chi connectivity index (χ3v) is 9.16. The fourth-order valence-electron chi connectivity index (χ4n) is 6.00. The highest BCUT2D eigenvalue weighted by atomic mass is 32.1. The number of fused-ring (bicyclic) bond motifs is 1. The van der Waals surface area contributed by atoms with Gasteiger partial charge in [-0.1, -0.05) is 50.2 Å². The lowest BCUT2D eigenvalue weighted by Crippen LogP contribution is -2.26. The molecule has 2 atom stereocenters. The first kappa shape index (κ1) is 31.2. The quantitative estimate of drug-likeness (QED) is 0.165. The van der Waals surface area contributed by atoms with Crippen LogP contribution in [-0.4, -0.2) is 27.0 Å². The van der Waals surface area contributed by atoms with Gasteiger partial charge in [-0.25, -0.2) is 8.78 Å². The van der Waals surface area contributed by atoms with Crippen molar-refractivity contribution >= 4 is 23.2 Å². The van der Waals surface area contributed by atoms with E-state index in [4.69, 9.17) is 15.1 Å². The topological polar surface area (TPSA) is 124 Å². The van der Waals surface area contributed by atoms with E-state index in [1.54, 1.807) is 19.1 Å². The number of rotatable bonds is 10. The van der Waals surface area contributed by atoms with Gasteiger partial charge < -0.3 is 15.5 Å². The number of nitrogens with zero attached hydrogens (tertiary/aromatic N) is 3. The van der Waals surface area contributed by atoms with Crippen LogP contribution in [0, 0.1) is 18.7 Å². The fraction of sp³-hybridized carbons (Fsp3) is 0.286. The number of primary amides is 1. The van der Waals surface area contributed by atoms with Crippen molar-refractivity contribution < 1.29 is 22.8 Å². The molecule has 1 aliphatic carbocycles. The molecule has 0 saturated heterocycles. The second-order valence-electron chi connectivity index (χ2n) is 11.9. The van der Waals surface area contributed by atoms with E-state index >= 15 is 4.39 Å². The number of amides is 2. The molecule has 236 valence electrons. The van der Waals surface area contributed by atoms with Gasteiger partial charge in [-0.2, -0.15) is 0 Å². The van der Waals surface area contributed by atoms with Crippen molar-refractivity contribution in [2.75, 3.05) is 0 Å². The maximum Gasteiger partial charge on any atom is 0.261 e. The number of hydrogen-bond acceptors (Lipinski definition) is 7. The minimum Gasteiger partial charge on any atom is -0.421 e. The average Bonchev–Trinajstić information content (AvgIpc) is 3.77. The number of aromatic nitrogens is 3. The molecule has 2 aromatic carbocycles. The molecule has 6 rings (SSSR count). The molecule has 1 aliphatic rings. The lowest BCUT2D eigenvalue weighted by molar-refractivity contribution is 0.0939. The summed E-state index contributed by atoms with van der Waals surface area (Å²) in [7, 11) is 0. The van der Waals surface area contributed by atoms with Crippen LogP contribution in [0.15, 0.2) is 65.1 Å². The minimum atomic E-state index is -1.56. The number of pyridine rings is 1. The number of carbonyl (C=O) groups is 2. The van der Waals surface area contributed by atoms with Crippen molar-refractivity contribution in [3.05, 3.63) is 111 Å². The maximum absolute atomic E-state index is 15.9. The second kappa shape index (κ2) is 12.9. The Labute approximate surface area is 269 Å². The Morgan fingerprint density at radius 1 is 1.02 bits per heavy atom. The zero-order valence-electron chi connectivity index (χ0n) is 25.6. The van der Waals surface area contributed by atoms with Gasteiger partial charge in [0, 0.05) is 23.8 Å². The van der Waals surface area contributed by atoms with E-state index in [-0.39, 0.29) is 58.5 Å². The Balaban J connectivity index is 1.48. The summed E-state index contributed by atoms with van der Waals surface area (Å²) in [5.74, 6) is -1.05. The van der Waals surface area contributed by atoms with Crippen molar-refractivity contribution in [3.63, 3.8) is 0 Å². The van der Waals surface area contributed by atoms with Gasteiger partial charge in [0.2, 0.25) is 11.8 Å². The molecule has 3 heterocycles. The number of benzene rings is 2. The van der Waals surface area contributed by atoms with Crippen molar-refractivity contribution in [1.82, 2.24) is 20.5 Å². The summed E-state index contributed by atoms with van der Waals surface area (Å²) in [5.41, 5.74) is 10.1. The molecule has 0 bridgehead atoms. The van der Waals surface area contributed by atoms with Gasteiger partial charge in [0.1, 0.15) is 12.0 Å². The monoisotopic (exact) mass is 641 g/mol. The molecule has 0 fully saturated rings. The van der Waals surface area contributed by atoms with Crippen molar-refractivity contribution in [2.24, 2.45) is 11.7 Å². The number of halogens is 2. The van der Waals surface area contributed by atoms with Crippen LogP contribution in [0.25, 0.3) is 21.9 Å². The van der Waals surface area contributed by atoms with E-state index in [1.807, 2.05) is 32.0 Å². The molecule has 2 amide bonds. The van der Waals surface area contributed by atoms with E-state index in [2.05, 4.69) is 21.6 Å². The first-order chi connectivity index (χ1) is 22.1. The van der Waals surface area contributed by atoms with Crippen LogP contribution in [0.1, 0.15) is 86.5 Å². The maximum atomic E-state index is 15.9. The van der Waals surface area contributed by atoms with Crippen LogP contribution in [-0.2, 0) is 19.3 Å². The number of carbonyl (C=O) groups excluding carboxylic acids is 2. The average molecular weight is 642 g/mol. The number of thiophene rings is 1. The zero-order valence-corrected chi connectivity index (χ0v) is 26.5. The number of aryl methyl sites for hydroxylation is 2. The highest BCUT2D eigenvalue weighted by Gasteiger charge is 2.31. The minimum absolute atomic E-state index is 0.0434. The van der Waals surface area contributed by atoms with Crippen LogP contribution >= 0.6 is 11.3 Å². The summed E-state index contributed by atoms with van der Waals surface area (Å²) in [6.45, 7) is 5.58. The van der Waals surface area contributed by atoms with Gasteiger partial charge >= 0.3 is 0 Å². The highest BCUT2D eigenvalue weighted by molar-refractivity contribution is 7.17. The molecule has 0 spiro atoms. The van der Waals surface area contributed by atoms with Crippen LogP contribution in [0.2, 0.25) is 0 Å². The van der Waals surface area contributed by atoms with Gasteiger partial charge in [-0.3, -0.25) is 14.6 Å². The standard InChI is InChI=1S/C35H33F2N5O3S/c1-18(2)16-26-30(33(38)43)32(28-14-15-29(46-28)34(44)40-25-13-10-20-6-4-5-7-23(20)25)31(35-42-41-19(3)45-35)27(39-26)17-24(37)21-8-11-22(36)12-9-21/h4-9,11-12,14-15,18,24-25H,10,13,16-17H2,1-3H3,(H2,38,43)(H,40,44)/t24?,25-/m1/s1. The lowest BCUT2D eigenvalue weighted by Gasteiger charge is -2.20. The summed E-state index contributed by atoms with van der Waals surface area (Å²) in [5, 5.41) is 11.4. The molecule has 46 heavy (non-hydrogen) atoms. The molecule has 0 aliphatic heterocycles. The van der Waals surface area contributed by atoms with Gasteiger partial charge in [0.15, 0.2) is 0 Å². The van der Waals surface area contributed by atoms with Crippen LogP contribution in [0.4, 0.5) is 8.78 Å². The Morgan fingerprint density at radius 3 is 2.48 bits per heavy atom. The Bertz CT molecular complexity index is 1920. The predicted octanol–water partition coefficient (Wildman–Crippen LogP) is 7.28. The predicted molar refractivity (Wildman–Crippen MR) is 172 cm³/mol. The van der Waals surface area contributed by atoms with Gasteiger partial charge in [0.05, 0.1) is 33.4 Å². The Kier molecular flexibility index (Phi) is 8.77. The number of nitrogens with two attached hydrogens (primary N) is 1. The largest absolute Gasteiger partial charge is 0.421 e. The molecule has 11 heteroatoms. The molecular formula is C35H33F2N5O3S. The normalized spacial score (nSPS) is 14.8. The van der Waals surface area contributed by atoms with E-state index in [0.717, 1.165) is 18.4 Å².